The van der Waals surface area contributed by atoms with E-state index in [1.54, 1.807) is 44.2 Å². The summed E-state index contributed by atoms with van der Waals surface area (Å²) in [6, 6.07) is 17.6. The smallest absolute Gasteiger partial charge is 0.316 e. The van der Waals surface area contributed by atoms with Crippen LogP contribution in [0.15, 0.2) is 60.7 Å². The summed E-state index contributed by atoms with van der Waals surface area (Å²) in [6.45, 7) is 4.90. The molecule has 2 rings (SSSR count). The molecule has 0 unspecified atom stereocenters. The largest absolute Gasteiger partial charge is 0.452 e. The zero-order valence-corrected chi connectivity index (χ0v) is 15.0. The zero-order valence-electron chi connectivity index (χ0n) is 15.0. The second kappa shape index (κ2) is 8.29. The normalized spacial score (nSPS) is 12.0. The van der Waals surface area contributed by atoms with Crippen molar-refractivity contribution in [2.45, 2.75) is 32.3 Å². The fraction of sp³-hybridized carbons (Fsp3) is 0.250. The van der Waals surface area contributed by atoms with Crippen LogP contribution in [0.1, 0.15) is 36.7 Å². The summed E-state index contributed by atoms with van der Waals surface area (Å²) in [5.41, 5.74) is 4.85. The molecule has 26 heavy (non-hydrogen) atoms. The van der Waals surface area contributed by atoms with Gasteiger partial charge in [0.25, 0.3) is 11.8 Å². The highest BCUT2D eigenvalue weighted by molar-refractivity contribution is 5.96. The van der Waals surface area contributed by atoms with Crippen molar-refractivity contribution >= 4 is 17.8 Å². The molecule has 6 nitrogen and oxygen atoms in total. The topological polar surface area (TPSA) is 84.5 Å². The Morgan fingerprint density at radius 1 is 0.885 bits per heavy atom. The number of benzene rings is 2. The summed E-state index contributed by atoms with van der Waals surface area (Å²) >= 11 is 0. The summed E-state index contributed by atoms with van der Waals surface area (Å²) in [6.07, 6.45) is -1.05. The van der Waals surface area contributed by atoms with Crippen LogP contribution < -0.4 is 10.9 Å². The van der Waals surface area contributed by atoms with Crippen molar-refractivity contribution in [1.82, 2.24) is 10.9 Å². The van der Waals surface area contributed by atoms with Crippen LogP contribution in [0.3, 0.4) is 0 Å². The highest BCUT2D eigenvalue weighted by Crippen LogP contribution is 2.25. The third kappa shape index (κ3) is 4.69. The van der Waals surface area contributed by atoms with Gasteiger partial charge >= 0.3 is 5.97 Å². The van der Waals surface area contributed by atoms with Gasteiger partial charge in [-0.3, -0.25) is 25.2 Å². The third-order valence-electron chi connectivity index (χ3n) is 3.99. The Morgan fingerprint density at radius 3 is 2.00 bits per heavy atom. The Balaban J connectivity index is 1.90. The molecule has 0 saturated carbocycles. The Bertz CT molecular complexity index is 773. The van der Waals surface area contributed by atoms with Gasteiger partial charge in [-0.2, -0.15) is 0 Å². The minimum atomic E-state index is -1.05. The Morgan fingerprint density at radius 2 is 1.42 bits per heavy atom. The summed E-state index contributed by atoms with van der Waals surface area (Å²) < 4.78 is 5.27. The van der Waals surface area contributed by atoms with Gasteiger partial charge in [-0.1, -0.05) is 48.5 Å². The van der Waals surface area contributed by atoms with Crippen LogP contribution in [-0.2, 0) is 19.7 Å². The van der Waals surface area contributed by atoms with Crippen molar-refractivity contribution in [2.75, 3.05) is 0 Å². The van der Waals surface area contributed by atoms with E-state index in [-0.39, 0.29) is 0 Å². The molecule has 0 aliphatic rings. The van der Waals surface area contributed by atoms with Crippen molar-refractivity contribution in [1.29, 1.82) is 0 Å². The molecular weight excluding hydrogens is 332 g/mol. The molecule has 0 spiro atoms. The predicted molar refractivity (Wildman–Crippen MR) is 97.1 cm³/mol. The lowest BCUT2D eigenvalue weighted by Crippen LogP contribution is -2.47. The minimum absolute atomic E-state index is 0.405. The van der Waals surface area contributed by atoms with Gasteiger partial charge in [0, 0.05) is 5.56 Å². The summed E-state index contributed by atoms with van der Waals surface area (Å²) in [5.74, 6) is -1.60. The van der Waals surface area contributed by atoms with Crippen LogP contribution in [0.2, 0.25) is 0 Å². The Hall–Kier alpha value is -3.15. The Labute approximate surface area is 152 Å². The summed E-state index contributed by atoms with van der Waals surface area (Å²) in [7, 11) is 0. The number of ether oxygens (including phenoxy) is 1. The molecule has 0 aliphatic heterocycles. The van der Waals surface area contributed by atoms with E-state index in [1.807, 2.05) is 30.3 Å². The molecule has 2 aromatic rings. The van der Waals surface area contributed by atoms with E-state index < -0.39 is 29.3 Å². The monoisotopic (exact) mass is 354 g/mol. The van der Waals surface area contributed by atoms with E-state index in [0.29, 0.717) is 5.56 Å². The lowest BCUT2D eigenvalue weighted by atomic mass is 9.85. The SMILES string of the molecule is C[C@@H](OC(=O)C(C)(C)c1ccccc1)C(=O)NNC(=O)c1ccccc1. The number of carbonyl (C=O) groups is 3. The minimum Gasteiger partial charge on any atom is -0.452 e. The number of hydrazine groups is 1. The van der Waals surface area contributed by atoms with Crippen molar-refractivity contribution in [3.8, 4) is 0 Å². The second-order valence-electron chi connectivity index (χ2n) is 6.35. The van der Waals surface area contributed by atoms with Gasteiger partial charge in [0.15, 0.2) is 6.10 Å². The quantitative estimate of drug-likeness (QED) is 0.638. The van der Waals surface area contributed by atoms with E-state index in [0.717, 1.165) is 5.56 Å². The van der Waals surface area contributed by atoms with Crippen LogP contribution in [0.25, 0.3) is 0 Å². The van der Waals surface area contributed by atoms with Crippen molar-refractivity contribution in [3.63, 3.8) is 0 Å². The maximum atomic E-state index is 12.5. The van der Waals surface area contributed by atoms with Gasteiger partial charge in [-0.25, -0.2) is 0 Å². The standard InChI is InChI=1S/C20H22N2O4/c1-14(17(23)21-22-18(24)15-10-6-4-7-11-15)26-19(25)20(2,3)16-12-8-5-9-13-16/h4-14H,1-3H3,(H,21,23)(H,22,24)/t14-/m1/s1. The van der Waals surface area contributed by atoms with E-state index in [2.05, 4.69) is 10.9 Å². The number of rotatable bonds is 5. The molecule has 0 heterocycles. The molecule has 0 aromatic heterocycles. The zero-order chi connectivity index (χ0) is 19.2. The molecular formula is C20H22N2O4. The molecule has 2 aromatic carbocycles. The number of esters is 1. The first kappa shape index (κ1) is 19.2. The molecule has 2 N–H and O–H groups in total. The van der Waals surface area contributed by atoms with Gasteiger partial charge in [0.05, 0.1) is 5.41 Å². The number of hydrogen-bond donors (Lipinski definition) is 2. The summed E-state index contributed by atoms with van der Waals surface area (Å²) in [5, 5.41) is 0. The number of nitrogens with one attached hydrogen (secondary N) is 2. The highest BCUT2D eigenvalue weighted by atomic mass is 16.5. The van der Waals surface area contributed by atoms with Crippen LogP contribution in [0, 0.1) is 0 Å². The van der Waals surface area contributed by atoms with Crippen molar-refractivity contribution < 1.29 is 19.1 Å². The van der Waals surface area contributed by atoms with Crippen LogP contribution in [0.4, 0.5) is 0 Å². The molecule has 0 bridgehead atoms. The van der Waals surface area contributed by atoms with Crippen LogP contribution >= 0.6 is 0 Å². The van der Waals surface area contributed by atoms with Gasteiger partial charge in [0.1, 0.15) is 0 Å². The highest BCUT2D eigenvalue weighted by Gasteiger charge is 2.33. The molecule has 2 amide bonds. The van der Waals surface area contributed by atoms with Gasteiger partial charge < -0.3 is 4.74 Å². The Kier molecular flexibility index (Phi) is 6.11. The summed E-state index contributed by atoms with van der Waals surface area (Å²) in [4.78, 5) is 36.4. The van der Waals surface area contributed by atoms with E-state index in [4.69, 9.17) is 4.74 Å². The lowest BCUT2D eigenvalue weighted by molar-refractivity contribution is -0.159. The maximum Gasteiger partial charge on any atom is 0.316 e. The average molecular weight is 354 g/mol. The van der Waals surface area contributed by atoms with Crippen molar-refractivity contribution in [2.24, 2.45) is 0 Å². The molecule has 6 heteroatoms. The first-order chi connectivity index (χ1) is 12.3. The predicted octanol–water partition coefficient (Wildman–Crippen LogP) is 2.36. The van der Waals surface area contributed by atoms with Gasteiger partial charge in [0.2, 0.25) is 0 Å². The van der Waals surface area contributed by atoms with E-state index in [9.17, 15) is 14.4 Å². The van der Waals surface area contributed by atoms with Gasteiger partial charge in [-0.15, -0.1) is 0 Å². The molecule has 0 fully saturated rings. The first-order valence-corrected chi connectivity index (χ1v) is 8.24. The second-order valence-corrected chi connectivity index (χ2v) is 6.35. The average Bonchev–Trinajstić information content (AvgIpc) is 2.67. The molecule has 1 atom stereocenters. The number of amides is 2. The molecule has 0 aliphatic carbocycles. The van der Waals surface area contributed by atoms with Crippen LogP contribution in [-0.4, -0.2) is 23.9 Å². The van der Waals surface area contributed by atoms with E-state index >= 15 is 0 Å². The lowest BCUT2D eigenvalue weighted by Gasteiger charge is -2.25. The number of hydrogen-bond acceptors (Lipinski definition) is 4. The fourth-order valence-electron chi connectivity index (χ4n) is 2.22. The fourth-order valence-corrected chi connectivity index (χ4v) is 2.22. The van der Waals surface area contributed by atoms with E-state index in [1.165, 1.54) is 6.92 Å². The third-order valence-corrected chi connectivity index (χ3v) is 3.99. The maximum absolute atomic E-state index is 12.5. The van der Waals surface area contributed by atoms with Crippen LogP contribution in [0.5, 0.6) is 0 Å². The van der Waals surface area contributed by atoms with Gasteiger partial charge in [-0.05, 0) is 38.5 Å². The first-order valence-electron chi connectivity index (χ1n) is 8.24. The van der Waals surface area contributed by atoms with Crippen molar-refractivity contribution in [3.05, 3.63) is 71.8 Å². The molecule has 136 valence electrons. The molecule has 0 radical (unpaired) electrons. The molecule has 0 saturated heterocycles. The number of carbonyl (C=O) groups excluding carboxylic acids is 3.